The van der Waals surface area contributed by atoms with Crippen molar-refractivity contribution in [3.05, 3.63) is 16.8 Å². The highest BCUT2D eigenvalue weighted by molar-refractivity contribution is 5.90. The van der Waals surface area contributed by atoms with Crippen molar-refractivity contribution in [3.8, 4) is 5.75 Å². The van der Waals surface area contributed by atoms with Crippen LogP contribution < -0.4 is 5.32 Å². The molecule has 0 aromatic carbocycles. The zero-order valence-electron chi connectivity index (χ0n) is 18.7. The van der Waals surface area contributed by atoms with Gasteiger partial charge in [0, 0.05) is 6.42 Å². The first-order valence-electron chi connectivity index (χ1n) is 11.4. The van der Waals surface area contributed by atoms with Crippen LogP contribution in [0.25, 0.3) is 0 Å². The van der Waals surface area contributed by atoms with E-state index in [0.717, 1.165) is 24.0 Å². The SMILES string of the molecule is CCCCCCCCCCCCCCCC(=O)Nc1nc(C)c(O)c(C)c1C. The van der Waals surface area contributed by atoms with E-state index in [2.05, 4.69) is 17.2 Å². The van der Waals surface area contributed by atoms with Gasteiger partial charge in [0.15, 0.2) is 0 Å². The second-order valence-electron chi connectivity index (χ2n) is 8.19. The van der Waals surface area contributed by atoms with Crippen LogP contribution in [0.4, 0.5) is 5.82 Å². The predicted molar refractivity (Wildman–Crippen MR) is 119 cm³/mol. The van der Waals surface area contributed by atoms with Crippen LogP contribution >= 0.6 is 0 Å². The van der Waals surface area contributed by atoms with E-state index < -0.39 is 0 Å². The summed E-state index contributed by atoms with van der Waals surface area (Å²) < 4.78 is 0. The summed E-state index contributed by atoms with van der Waals surface area (Å²) in [5, 5.41) is 12.8. The van der Waals surface area contributed by atoms with E-state index in [1.54, 1.807) is 6.92 Å². The molecule has 4 heteroatoms. The van der Waals surface area contributed by atoms with Gasteiger partial charge in [0.25, 0.3) is 0 Å². The van der Waals surface area contributed by atoms with Crippen molar-refractivity contribution < 1.29 is 9.90 Å². The summed E-state index contributed by atoms with van der Waals surface area (Å²) in [4.78, 5) is 16.5. The average molecular weight is 391 g/mol. The van der Waals surface area contributed by atoms with Gasteiger partial charge in [-0.25, -0.2) is 4.98 Å². The molecule has 28 heavy (non-hydrogen) atoms. The molecule has 4 nitrogen and oxygen atoms in total. The molecule has 0 atom stereocenters. The van der Waals surface area contributed by atoms with Crippen molar-refractivity contribution in [2.24, 2.45) is 0 Å². The van der Waals surface area contributed by atoms with Crippen LogP contribution in [0, 0.1) is 20.8 Å². The third-order valence-corrected chi connectivity index (χ3v) is 5.66. The molecule has 1 aromatic rings. The number of aryl methyl sites for hydroxylation is 1. The van der Waals surface area contributed by atoms with E-state index >= 15 is 0 Å². The van der Waals surface area contributed by atoms with E-state index in [1.165, 1.54) is 70.6 Å². The number of carbonyl (C=O) groups excluding carboxylic acids is 1. The van der Waals surface area contributed by atoms with Gasteiger partial charge in [0.05, 0.1) is 5.69 Å². The van der Waals surface area contributed by atoms with Crippen LogP contribution in [0.2, 0.25) is 0 Å². The first-order chi connectivity index (χ1) is 13.5. The molecule has 1 heterocycles. The number of carbonyl (C=O) groups is 1. The van der Waals surface area contributed by atoms with Crippen LogP contribution in [0.5, 0.6) is 5.75 Å². The number of pyridine rings is 1. The molecule has 1 aromatic heterocycles. The van der Waals surface area contributed by atoms with E-state index in [9.17, 15) is 9.90 Å². The zero-order chi connectivity index (χ0) is 20.8. The molecule has 0 unspecified atom stereocenters. The van der Waals surface area contributed by atoms with Crippen molar-refractivity contribution in [1.29, 1.82) is 0 Å². The highest BCUT2D eigenvalue weighted by Gasteiger charge is 2.12. The molecule has 1 rings (SSSR count). The quantitative estimate of drug-likeness (QED) is 0.313. The minimum Gasteiger partial charge on any atom is -0.506 e. The van der Waals surface area contributed by atoms with Crippen molar-refractivity contribution in [1.82, 2.24) is 4.98 Å². The highest BCUT2D eigenvalue weighted by atomic mass is 16.3. The van der Waals surface area contributed by atoms with Crippen molar-refractivity contribution in [2.45, 2.75) is 118 Å². The molecule has 0 bridgehead atoms. The first-order valence-corrected chi connectivity index (χ1v) is 11.4. The maximum atomic E-state index is 12.2. The number of nitrogens with zero attached hydrogens (tertiary/aromatic N) is 1. The molecule has 0 radical (unpaired) electrons. The largest absolute Gasteiger partial charge is 0.506 e. The van der Waals surface area contributed by atoms with Crippen LogP contribution in [-0.2, 0) is 4.79 Å². The van der Waals surface area contributed by atoms with E-state index in [1.807, 2.05) is 13.8 Å². The number of amides is 1. The molecular weight excluding hydrogens is 348 g/mol. The van der Waals surface area contributed by atoms with Crippen LogP contribution in [0.3, 0.4) is 0 Å². The Morgan fingerprint density at radius 1 is 0.786 bits per heavy atom. The fourth-order valence-electron chi connectivity index (χ4n) is 3.55. The lowest BCUT2D eigenvalue weighted by atomic mass is 10.0. The third-order valence-electron chi connectivity index (χ3n) is 5.66. The van der Waals surface area contributed by atoms with Crippen molar-refractivity contribution in [3.63, 3.8) is 0 Å². The van der Waals surface area contributed by atoms with Crippen molar-refractivity contribution in [2.75, 3.05) is 5.32 Å². The molecule has 160 valence electrons. The minimum atomic E-state index is 0.0168. The fourth-order valence-corrected chi connectivity index (χ4v) is 3.55. The summed E-state index contributed by atoms with van der Waals surface area (Å²) in [5.74, 6) is 0.808. The Hall–Kier alpha value is -1.58. The molecule has 0 saturated heterocycles. The molecule has 1 amide bonds. The average Bonchev–Trinajstić information content (AvgIpc) is 2.68. The summed E-state index contributed by atoms with van der Waals surface area (Å²) in [6.07, 6.45) is 17.5. The smallest absolute Gasteiger partial charge is 0.225 e. The van der Waals surface area contributed by atoms with E-state index in [0.29, 0.717) is 17.9 Å². The number of anilines is 1. The number of nitrogens with one attached hydrogen (secondary N) is 1. The van der Waals surface area contributed by atoms with Gasteiger partial charge in [-0.1, -0.05) is 84.0 Å². The highest BCUT2D eigenvalue weighted by Crippen LogP contribution is 2.27. The Morgan fingerprint density at radius 3 is 1.75 bits per heavy atom. The maximum absolute atomic E-state index is 12.2. The summed E-state index contributed by atoms with van der Waals surface area (Å²) >= 11 is 0. The second kappa shape index (κ2) is 14.4. The predicted octanol–water partition coefficient (Wildman–Crippen LogP) is 7.13. The van der Waals surface area contributed by atoms with E-state index in [4.69, 9.17) is 0 Å². The lowest BCUT2D eigenvalue weighted by molar-refractivity contribution is -0.116. The Kier molecular flexibility index (Phi) is 12.6. The monoisotopic (exact) mass is 390 g/mol. The third kappa shape index (κ3) is 9.57. The number of hydrogen-bond acceptors (Lipinski definition) is 3. The maximum Gasteiger partial charge on any atom is 0.225 e. The molecular formula is C24H42N2O2. The van der Waals surface area contributed by atoms with Gasteiger partial charge < -0.3 is 10.4 Å². The topological polar surface area (TPSA) is 62.2 Å². The standard InChI is InChI=1S/C24H42N2O2/c1-5-6-7-8-9-10-11-12-13-14-15-16-17-18-22(27)26-24-20(3)19(2)23(28)21(4)25-24/h28H,5-18H2,1-4H3,(H,25,26,27). The lowest BCUT2D eigenvalue weighted by Crippen LogP contribution is -2.14. The van der Waals surface area contributed by atoms with Gasteiger partial charge in [0.2, 0.25) is 5.91 Å². The molecule has 0 fully saturated rings. The molecule has 0 saturated carbocycles. The van der Waals surface area contributed by atoms with Gasteiger partial charge in [0.1, 0.15) is 11.6 Å². The Labute approximate surface area is 172 Å². The molecule has 0 aliphatic heterocycles. The molecule has 0 aliphatic carbocycles. The number of aromatic nitrogens is 1. The van der Waals surface area contributed by atoms with Gasteiger partial charge in [-0.3, -0.25) is 4.79 Å². The number of rotatable bonds is 15. The summed E-state index contributed by atoms with van der Waals surface area (Å²) in [7, 11) is 0. The summed E-state index contributed by atoms with van der Waals surface area (Å²) in [5.41, 5.74) is 2.17. The first kappa shape index (κ1) is 24.5. The second-order valence-corrected chi connectivity index (χ2v) is 8.19. The zero-order valence-corrected chi connectivity index (χ0v) is 18.7. The van der Waals surface area contributed by atoms with Crippen LogP contribution in [0.15, 0.2) is 0 Å². The van der Waals surface area contributed by atoms with Gasteiger partial charge in [-0.2, -0.15) is 0 Å². The normalized spacial score (nSPS) is 11.0. The minimum absolute atomic E-state index is 0.0168. The molecule has 0 aliphatic rings. The number of hydrogen-bond donors (Lipinski definition) is 2. The summed E-state index contributed by atoms with van der Waals surface area (Å²) in [6, 6.07) is 0. The molecule has 0 spiro atoms. The molecule has 2 N–H and O–H groups in total. The lowest BCUT2D eigenvalue weighted by Gasteiger charge is -2.12. The Morgan fingerprint density at radius 2 is 1.25 bits per heavy atom. The van der Waals surface area contributed by atoms with Crippen LogP contribution in [0.1, 0.15) is 114 Å². The Bertz CT molecular complexity index is 584. The Balaban J connectivity index is 2.04. The fraction of sp³-hybridized carbons (Fsp3) is 0.750. The van der Waals surface area contributed by atoms with Crippen molar-refractivity contribution >= 4 is 11.7 Å². The van der Waals surface area contributed by atoms with E-state index in [-0.39, 0.29) is 11.7 Å². The van der Waals surface area contributed by atoms with Gasteiger partial charge >= 0.3 is 0 Å². The van der Waals surface area contributed by atoms with Gasteiger partial charge in [-0.05, 0) is 38.3 Å². The van der Waals surface area contributed by atoms with Gasteiger partial charge in [-0.15, -0.1) is 0 Å². The van der Waals surface area contributed by atoms with Crippen LogP contribution in [-0.4, -0.2) is 16.0 Å². The number of unbranched alkanes of at least 4 members (excludes halogenated alkanes) is 12. The summed E-state index contributed by atoms with van der Waals surface area (Å²) in [6.45, 7) is 7.75. The number of aromatic hydroxyl groups is 1.